The first-order chi connectivity index (χ1) is 10.8. The lowest BCUT2D eigenvalue weighted by Crippen LogP contribution is -2.60. The van der Waals surface area contributed by atoms with E-state index in [1.807, 2.05) is 0 Å². The van der Waals surface area contributed by atoms with Gasteiger partial charge in [0.2, 0.25) is 6.29 Å². The first kappa shape index (κ1) is 18.1. The van der Waals surface area contributed by atoms with Gasteiger partial charge >= 0.3 is 0 Å². The van der Waals surface area contributed by atoms with Gasteiger partial charge in [-0.2, -0.15) is 0 Å². The molecule has 8 nitrogen and oxygen atoms in total. The van der Waals surface area contributed by atoms with Crippen LogP contribution in [0.1, 0.15) is 18.6 Å². The predicted octanol–water partition coefficient (Wildman–Crippen LogP) is -1.72. The average molecular weight is 330 g/mol. The molecule has 1 aromatic rings. The Hall–Kier alpha value is -1.26. The van der Waals surface area contributed by atoms with Crippen molar-refractivity contribution in [3.63, 3.8) is 0 Å². The summed E-state index contributed by atoms with van der Waals surface area (Å²) in [5.74, 6) is 0.288. The summed E-state index contributed by atoms with van der Waals surface area (Å²) in [6, 6.07) is 6.08. The maximum Gasteiger partial charge on any atom is 0.229 e. The molecule has 0 spiro atoms. The van der Waals surface area contributed by atoms with Gasteiger partial charge in [0.15, 0.2) is 0 Å². The molecule has 23 heavy (non-hydrogen) atoms. The molecule has 7 atom stereocenters. The van der Waals surface area contributed by atoms with Crippen LogP contribution in [0.25, 0.3) is 0 Å². The average Bonchev–Trinajstić information content (AvgIpc) is 2.55. The fraction of sp³-hybridized carbons (Fsp3) is 0.600. The molecule has 2 rings (SSSR count). The minimum Gasteiger partial charge on any atom is -0.462 e. The van der Waals surface area contributed by atoms with Crippen LogP contribution in [0.2, 0.25) is 0 Å². The van der Waals surface area contributed by atoms with Crippen molar-refractivity contribution in [2.75, 3.05) is 6.61 Å². The Morgan fingerprint density at radius 1 is 1.04 bits per heavy atom. The molecule has 8 heteroatoms. The zero-order chi connectivity index (χ0) is 17.1. The summed E-state index contributed by atoms with van der Waals surface area (Å²) >= 11 is 0. The highest BCUT2D eigenvalue weighted by Gasteiger charge is 2.44. The normalized spacial score (nSPS) is 34.0. The SMILES string of the molecule is C[C@H](O)[C@H](O)c1ccc(O[C@@H]2O[C@H](CO)[C@@H](O)[C@H](O)[C@H]2O)cc1. The number of hydrogen-bond acceptors (Lipinski definition) is 8. The molecule has 1 saturated heterocycles. The van der Waals surface area contributed by atoms with Crippen LogP contribution < -0.4 is 4.74 Å². The van der Waals surface area contributed by atoms with Crippen molar-refractivity contribution in [1.29, 1.82) is 0 Å². The van der Waals surface area contributed by atoms with Crippen LogP contribution >= 0.6 is 0 Å². The topological polar surface area (TPSA) is 140 Å². The van der Waals surface area contributed by atoms with Gasteiger partial charge < -0.3 is 40.1 Å². The maximum absolute atomic E-state index is 9.88. The zero-order valence-corrected chi connectivity index (χ0v) is 12.6. The Kier molecular flexibility index (Phi) is 5.93. The lowest BCUT2D eigenvalue weighted by atomic mass is 9.99. The molecule has 1 fully saturated rings. The molecule has 1 heterocycles. The number of hydrogen-bond donors (Lipinski definition) is 6. The van der Waals surface area contributed by atoms with Gasteiger partial charge in [0.05, 0.1) is 12.7 Å². The Labute approximate surface area is 133 Å². The second-order valence-electron chi connectivity index (χ2n) is 5.57. The van der Waals surface area contributed by atoms with Crippen molar-refractivity contribution in [3.8, 4) is 5.75 Å². The van der Waals surface area contributed by atoms with Crippen molar-refractivity contribution < 1.29 is 40.1 Å². The first-order valence-electron chi connectivity index (χ1n) is 7.28. The molecule has 0 unspecified atom stereocenters. The Morgan fingerprint density at radius 3 is 2.17 bits per heavy atom. The molecule has 0 saturated carbocycles. The quantitative estimate of drug-likeness (QED) is 0.375. The minimum absolute atomic E-state index is 0.288. The second-order valence-corrected chi connectivity index (χ2v) is 5.57. The standard InChI is InChI=1S/C15H22O8/c1-7(17)11(18)8-2-4-9(5-3-8)22-15-14(21)13(20)12(19)10(6-16)23-15/h2-5,7,10-21H,6H2,1H3/t7-,10+,11-,12+,13-,14+,15+/m0/s1. The molecular weight excluding hydrogens is 308 g/mol. The predicted molar refractivity (Wildman–Crippen MR) is 77.5 cm³/mol. The summed E-state index contributed by atoms with van der Waals surface area (Å²) in [6.07, 6.45) is -8.72. The molecule has 0 radical (unpaired) electrons. The van der Waals surface area contributed by atoms with Crippen molar-refractivity contribution in [1.82, 2.24) is 0 Å². The highest BCUT2D eigenvalue weighted by molar-refractivity contribution is 5.29. The molecular formula is C15H22O8. The van der Waals surface area contributed by atoms with Crippen molar-refractivity contribution in [2.24, 2.45) is 0 Å². The summed E-state index contributed by atoms with van der Waals surface area (Å²) in [7, 11) is 0. The third kappa shape index (κ3) is 3.99. The van der Waals surface area contributed by atoms with Crippen LogP contribution in [0, 0.1) is 0 Å². The van der Waals surface area contributed by atoms with Crippen LogP contribution in [-0.2, 0) is 4.74 Å². The summed E-state index contributed by atoms with van der Waals surface area (Å²) in [4.78, 5) is 0. The monoisotopic (exact) mass is 330 g/mol. The third-order valence-corrected chi connectivity index (χ3v) is 3.78. The molecule has 0 amide bonds. The number of ether oxygens (including phenoxy) is 2. The summed E-state index contributed by atoms with van der Waals surface area (Å²) < 4.78 is 10.6. The summed E-state index contributed by atoms with van der Waals surface area (Å²) in [5.41, 5.74) is 0.487. The van der Waals surface area contributed by atoms with Crippen molar-refractivity contribution in [2.45, 2.75) is 49.8 Å². The number of rotatable bonds is 5. The van der Waals surface area contributed by atoms with Crippen LogP contribution in [0.4, 0.5) is 0 Å². The smallest absolute Gasteiger partial charge is 0.229 e. The van der Waals surface area contributed by atoms with Crippen molar-refractivity contribution in [3.05, 3.63) is 29.8 Å². The van der Waals surface area contributed by atoms with Gasteiger partial charge in [0, 0.05) is 0 Å². The van der Waals surface area contributed by atoms with Gasteiger partial charge in [0.1, 0.15) is 36.3 Å². The Morgan fingerprint density at radius 2 is 1.65 bits per heavy atom. The Bertz CT molecular complexity index is 489. The van der Waals surface area contributed by atoms with Crippen LogP contribution in [0.5, 0.6) is 5.75 Å². The fourth-order valence-corrected chi connectivity index (χ4v) is 2.32. The minimum atomic E-state index is -1.51. The van der Waals surface area contributed by atoms with Gasteiger partial charge in [-0.15, -0.1) is 0 Å². The van der Waals surface area contributed by atoms with E-state index in [1.165, 1.54) is 31.2 Å². The molecule has 0 bridgehead atoms. The van der Waals surface area contributed by atoms with E-state index in [2.05, 4.69) is 0 Å². The largest absolute Gasteiger partial charge is 0.462 e. The molecule has 1 aromatic carbocycles. The number of aliphatic hydroxyl groups is 6. The fourth-order valence-electron chi connectivity index (χ4n) is 2.32. The molecule has 130 valence electrons. The van der Waals surface area contributed by atoms with Gasteiger partial charge in [-0.05, 0) is 24.6 Å². The third-order valence-electron chi connectivity index (χ3n) is 3.78. The van der Waals surface area contributed by atoms with Crippen molar-refractivity contribution >= 4 is 0 Å². The molecule has 1 aliphatic rings. The molecule has 0 aliphatic carbocycles. The van der Waals surface area contributed by atoms with E-state index >= 15 is 0 Å². The van der Waals surface area contributed by atoms with Gasteiger partial charge in [0.25, 0.3) is 0 Å². The van der Waals surface area contributed by atoms with E-state index < -0.39 is 49.5 Å². The van der Waals surface area contributed by atoms with E-state index in [-0.39, 0.29) is 5.75 Å². The molecule has 0 aromatic heterocycles. The molecule has 1 aliphatic heterocycles. The van der Waals surface area contributed by atoms with Gasteiger partial charge in [-0.25, -0.2) is 0 Å². The van der Waals surface area contributed by atoms with E-state index in [4.69, 9.17) is 14.6 Å². The van der Waals surface area contributed by atoms with Crippen LogP contribution in [0.3, 0.4) is 0 Å². The van der Waals surface area contributed by atoms with E-state index in [9.17, 15) is 25.5 Å². The summed E-state index contributed by atoms with van der Waals surface area (Å²) in [5, 5.41) is 57.5. The highest BCUT2D eigenvalue weighted by atomic mass is 16.7. The summed E-state index contributed by atoms with van der Waals surface area (Å²) in [6.45, 7) is 0.924. The second kappa shape index (κ2) is 7.54. The van der Waals surface area contributed by atoms with Crippen LogP contribution in [-0.4, -0.2) is 74.1 Å². The Balaban J connectivity index is 2.06. The van der Waals surface area contributed by atoms with Gasteiger partial charge in [-0.3, -0.25) is 0 Å². The maximum atomic E-state index is 9.88. The molecule has 6 N–H and O–H groups in total. The highest BCUT2D eigenvalue weighted by Crippen LogP contribution is 2.26. The van der Waals surface area contributed by atoms with Crippen LogP contribution in [0.15, 0.2) is 24.3 Å². The zero-order valence-electron chi connectivity index (χ0n) is 12.6. The van der Waals surface area contributed by atoms with E-state index in [1.54, 1.807) is 0 Å². The lowest BCUT2D eigenvalue weighted by molar-refractivity contribution is -0.277. The van der Waals surface area contributed by atoms with E-state index in [0.29, 0.717) is 5.56 Å². The lowest BCUT2D eigenvalue weighted by Gasteiger charge is -2.39. The van der Waals surface area contributed by atoms with Gasteiger partial charge in [-0.1, -0.05) is 12.1 Å². The number of aliphatic hydroxyl groups excluding tert-OH is 6. The van der Waals surface area contributed by atoms with E-state index in [0.717, 1.165) is 0 Å². The first-order valence-corrected chi connectivity index (χ1v) is 7.28. The number of benzene rings is 1.